The molecule has 1 amide bonds. The average Bonchev–Trinajstić information content (AvgIpc) is 2.36. The number of hydrogen-bond acceptors (Lipinski definition) is 4. The lowest BCUT2D eigenvalue weighted by atomic mass is 10.2. The maximum atomic E-state index is 11.9. The summed E-state index contributed by atoms with van der Waals surface area (Å²) in [6.45, 7) is 0.507. The molecule has 0 radical (unpaired) electrons. The molecule has 0 aliphatic rings. The third-order valence-electron chi connectivity index (χ3n) is 2.45. The fourth-order valence-corrected chi connectivity index (χ4v) is 1.95. The van der Waals surface area contributed by atoms with Crippen molar-refractivity contribution in [3.05, 3.63) is 30.1 Å². The number of nitrogens with zero attached hydrogens (tertiary/aromatic N) is 2. The Morgan fingerprint density at radius 2 is 2.35 bits per heavy atom. The van der Waals surface area contributed by atoms with E-state index in [4.69, 9.17) is 5.73 Å². The van der Waals surface area contributed by atoms with E-state index in [0.29, 0.717) is 13.0 Å². The Kier molecular flexibility index (Phi) is 6.00. The summed E-state index contributed by atoms with van der Waals surface area (Å²) in [6, 6.07) is 5.26. The molecule has 0 saturated heterocycles. The lowest BCUT2D eigenvalue weighted by molar-refractivity contribution is -0.131. The normalized spacial score (nSPS) is 12.2. The minimum atomic E-state index is -0.406. The van der Waals surface area contributed by atoms with Crippen molar-refractivity contribution in [3.63, 3.8) is 0 Å². The quantitative estimate of drug-likeness (QED) is 0.825. The largest absolute Gasteiger partial charge is 0.339 e. The van der Waals surface area contributed by atoms with Crippen molar-refractivity contribution in [1.29, 1.82) is 0 Å². The van der Waals surface area contributed by atoms with E-state index in [2.05, 4.69) is 4.98 Å². The lowest BCUT2D eigenvalue weighted by Gasteiger charge is -2.20. The van der Waals surface area contributed by atoms with Gasteiger partial charge >= 0.3 is 0 Å². The van der Waals surface area contributed by atoms with Crippen molar-refractivity contribution in [1.82, 2.24) is 9.88 Å². The predicted molar refractivity (Wildman–Crippen MR) is 71.7 cm³/mol. The van der Waals surface area contributed by atoms with Crippen molar-refractivity contribution >= 4 is 17.7 Å². The summed E-state index contributed by atoms with van der Waals surface area (Å²) in [5.74, 6) is 0.884. The monoisotopic (exact) mass is 253 g/mol. The van der Waals surface area contributed by atoms with Gasteiger partial charge < -0.3 is 10.6 Å². The summed E-state index contributed by atoms with van der Waals surface area (Å²) < 4.78 is 0. The zero-order chi connectivity index (χ0) is 12.7. The molecule has 0 aromatic carbocycles. The van der Waals surface area contributed by atoms with Crippen LogP contribution in [-0.4, -0.2) is 40.9 Å². The highest BCUT2D eigenvalue weighted by atomic mass is 32.2. The number of nitrogens with two attached hydrogens (primary N) is 1. The van der Waals surface area contributed by atoms with Gasteiger partial charge in [0.25, 0.3) is 0 Å². The molecule has 94 valence electrons. The molecule has 2 N–H and O–H groups in total. The van der Waals surface area contributed by atoms with Crippen LogP contribution in [0.15, 0.2) is 24.4 Å². The second-order valence-electron chi connectivity index (χ2n) is 3.90. The molecule has 0 aliphatic heterocycles. The van der Waals surface area contributed by atoms with Gasteiger partial charge in [-0.25, -0.2) is 0 Å². The van der Waals surface area contributed by atoms with E-state index in [0.717, 1.165) is 11.4 Å². The first-order valence-electron chi connectivity index (χ1n) is 5.54. The molecule has 0 saturated carbocycles. The molecule has 1 aromatic rings. The molecule has 1 rings (SSSR count). The van der Waals surface area contributed by atoms with Crippen LogP contribution in [0.1, 0.15) is 12.1 Å². The van der Waals surface area contributed by atoms with Crippen molar-refractivity contribution in [3.8, 4) is 0 Å². The minimum Gasteiger partial charge on any atom is -0.339 e. The summed E-state index contributed by atoms with van der Waals surface area (Å²) in [5, 5.41) is 0. The van der Waals surface area contributed by atoms with Crippen LogP contribution in [0.3, 0.4) is 0 Å². The van der Waals surface area contributed by atoms with Crippen LogP contribution in [0.5, 0.6) is 0 Å². The summed E-state index contributed by atoms with van der Waals surface area (Å²) in [7, 11) is 1.76. The number of hydrogen-bond donors (Lipinski definition) is 1. The molecule has 5 heteroatoms. The number of carbonyl (C=O) groups excluding carboxylic acids is 1. The van der Waals surface area contributed by atoms with E-state index in [1.54, 1.807) is 29.9 Å². The van der Waals surface area contributed by atoms with Gasteiger partial charge in [0, 0.05) is 13.2 Å². The number of aromatic nitrogens is 1. The van der Waals surface area contributed by atoms with Crippen LogP contribution in [-0.2, 0) is 11.3 Å². The van der Waals surface area contributed by atoms with Gasteiger partial charge in [0.05, 0.1) is 18.3 Å². The summed E-state index contributed by atoms with van der Waals surface area (Å²) in [6.07, 6.45) is 4.45. The average molecular weight is 253 g/mol. The van der Waals surface area contributed by atoms with Gasteiger partial charge in [-0.15, -0.1) is 0 Å². The summed E-state index contributed by atoms with van der Waals surface area (Å²) in [4.78, 5) is 17.7. The number of carbonyl (C=O) groups is 1. The van der Waals surface area contributed by atoms with Crippen LogP contribution in [0.4, 0.5) is 0 Å². The zero-order valence-electron chi connectivity index (χ0n) is 10.3. The zero-order valence-corrected chi connectivity index (χ0v) is 11.1. The van der Waals surface area contributed by atoms with E-state index in [1.165, 1.54) is 0 Å². The van der Waals surface area contributed by atoms with Crippen molar-refractivity contribution in [2.45, 2.75) is 19.0 Å². The Morgan fingerprint density at radius 1 is 1.59 bits per heavy atom. The Morgan fingerprint density at radius 3 is 2.94 bits per heavy atom. The minimum absolute atomic E-state index is 0.0234. The molecule has 17 heavy (non-hydrogen) atoms. The smallest absolute Gasteiger partial charge is 0.239 e. The fourth-order valence-electron chi connectivity index (χ4n) is 1.46. The first-order valence-corrected chi connectivity index (χ1v) is 6.94. The van der Waals surface area contributed by atoms with Gasteiger partial charge in [0.1, 0.15) is 0 Å². The second-order valence-corrected chi connectivity index (χ2v) is 4.89. The van der Waals surface area contributed by atoms with Crippen molar-refractivity contribution in [2.75, 3.05) is 19.1 Å². The second kappa shape index (κ2) is 7.29. The standard InChI is InChI=1S/C12H19N3OS/c1-15(9-10-5-3-4-7-14-10)12(16)11(13)6-8-17-2/h3-5,7,11H,6,8-9,13H2,1-2H3/t11-/m1/s1. The third kappa shape index (κ3) is 4.75. The maximum absolute atomic E-state index is 11.9. The van der Waals surface area contributed by atoms with E-state index in [1.807, 2.05) is 24.5 Å². The molecule has 1 aromatic heterocycles. The van der Waals surface area contributed by atoms with Gasteiger partial charge in [-0.05, 0) is 30.6 Å². The molecular weight excluding hydrogens is 234 g/mol. The Bertz CT molecular complexity index is 345. The van der Waals surface area contributed by atoms with Gasteiger partial charge in [0.2, 0.25) is 5.91 Å². The summed E-state index contributed by atoms with van der Waals surface area (Å²) in [5.41, 5.74) is 6.71. The number of thioether (sulfide) groups is 1. The van der Waals surface area contributed by atoms with Crippen LogP contribution in [0.2, 0.25) is 0 Å². The first-order chi connectivity index (χ1) is 8.15. The van der Waals surface area contributed by atoms with E-state index in [9.17, 15) is 4.79 Å². The number of rotatable bonds is 6. The van der Waals surface area contributed by atoms with Gasteiger partial charge in [-0.1, -0.05) is 6.07 Å². The van der Waals surface area contributed by atoms with Crippen molar-refractivity contribution < 1.29 is 4.79 Å². The molecule has 1 atom stereocenters. The maximum Gasteiger partial charge on any atom is 0.239 e. The van der Waals surface area contributed by atoms with Crippen LogP contribution in [0.25, 0.3) is 0 Å². The molecule has 4 nitrogen and oxygen atoms in total. The molecule has 0 fully saturated rings. The van der Waals surface area contributed by atoms with Crippen LogP contribution in [0, 0.1) is 0 Å². The Hall–Kier alpha value is -1.07. The van der Waals surface area contributed by atoms with Gasteiger partial charge in [-0.2, -0.15) is 11.8 Å². The Balaban J connectivity index is 2.47. The molecule has 1 heterocycles. The molecule has 0 bridgehead atoms. The van der Waals surface area contributed by atoms with E-state index >= 15 is 0 Å². The predicted octanol–water partition coefficient (Wildman–Crippen LogP) is 1.12. The Labute approximate surface area is 107 Å². The number of likely N-dealkylation sites (N-methyl/N-ethyl adjacent to an activating group) is 1. The van der Waals surface area contributed by atoms with Gasteiger partial charge in [0.15, 0.2) is 0 Å². The lowest BCUT2D eigenvalue weighted by Crippen LogP contribution is -2.41. The van der Waals surface area contributed by atoms with E-state index in [-0.39, 0.29) is 5.91 Å². The van der Waals surface area contributed by atoms with E-state index < -0.39 is 6.04 Å². The molecular formula is C12H19N3OS. The first kappa shape index (κ1) is 14.0. The SMILES string of the molecule is CSCC[C@@H](N)C(=O)N(C)Cc1ccccn1. The molecule has 0 unspecified atom stereocenters. The third-order valence-corrected chi connectivity index (χ3v) is 3.10. The van der Waals surface area contributed by atoms with Crippen molar-refractivity contribution in [2.24, 2.45) is 5.73 Å². The van der Waals surface area contributed by atoms with Gasteiger partial charge in [-0.3, -0.25) is 9.78 Å². The fraction of sp³-hybridized carbons (Fsp3) is 0.500. The highest BCUT2D eigenvalue weighted by Gasteiger charge is 2.17. The molecule has 0 aliphatic carbocycles. The summed E-state index contributed by atoms with van der Waals surface area (Å²) >= 11 is 1.70. The highest BCUT2D eigenvalue weighted by Crippen LogP contribution is 2.04. The molecule has 0 spiro atoms. The van der Waals surface area contributed by atoms with Crippen LogP contribution >= 0.6 is 11.8 Å². The highest BCUT2D eigenvalue weighted by molar-refractivity contribution is 7.98. The van der Waals surface area contributed by atoms with Crippen LogP contribution < -0.4 is 5.73 Å². The topological polar surface area (TPSA) is 59.2 Å². The number of amides is 1. The number of pyridine rings is 1.